The lowest BCUT2D eigenvalue weighted by molar-refractivity contribution is 0.382. The predicted octanol–water partition coefficient (Wildman–Crippen LogP) is 2.60. The maximum atomic E-state index is 6.22. The van der Waals surface area contributed by atoms with Gasteiger partial charge in [-0.25, -0.2) is 0 Å². The summed E-state index contributed by atoms with van der Waals surface area (Å²) in [5.41, 5.74) is 7.91. The average molecular weight is 223 g/mol. The third-order valence-corrected chi connectivity index (χ3v) is 3.15. The normalized spacial score (nSPS) is 14.4. The van der Waals surface area contributed by atoms with Gasteiger partial charge in [0.15, 0.2) is 0 Å². The van der Waals surface area contributed by atoms with Crippen molar-refractivity contribution < 1.29 is 9.47 Å². The maximum absolute atomic E-state index is 6.22. The Morgan fingerprint density at radius 1 is 1.19 bits per heavy atom. The molecule has 0 aliphatic rings. The fourth-order valence-electron chi connectivity index (χ4n) is 1.62. The zero-order chi connectivity index (χ0) is 12.3. The molecule has 0 bridgehead atoms. The van der Waals surface area contributed by atoms with Gasteiger partial charge in [-0.05, 0) is 38.0 Å². The van der Waals surface area contributed by atoms with E-state index in [9.17, 15) is 0 Å². The van der Waals surface area contributed by atoms with Crippen molar-refractivity contribution in [3.63, 3.8) is 0 Å². The lowest BCUT2D eigenvalue weighted by atomic mass is 9.89. The van der Waals surface area contributed by atoms with Crippen LogP contribution in [0.4, 0.5) is 0 Å². The number of hydrogen-bond acceptors (Lipinski definition) is 3. The monoisotopic (exact) mass is 223 g/mol. The highest BCUT2D eigenvalue weighted by molar-refractivity contribution is 5.48. The van der Waals surface area contributed by atoms with Crippen molar-refractivity contribution in [3.05, 3.63) is 23.3 Å². The van der Waals surface area contributed by atoms with Gasteiger partial charge in [0.05, 0.1) is 14.2 Å². The molecule has 1 aromatic carbocycles. The standard InChI is InChI=1S/C13H21NO2/c1-6-13(3,14)10-7-11(15-4)9(2)12(8-10)16-5/h7-8H,6,14H2,1-5H3. The van der Waals surface area contributed by atoms with Crippen LogP contribution in [-0.4, -0.2) is 14.2 Å². The van der Waals surface area contributed by atoms with Crippen LogP contribution in [0.2, 0.25) is 0 Å². The highest BCUT2D eigenvalue weighted by Gasteiger charge is 2.21. The van der Waals surface area contributed by atoms with Crippen molar-refractivity contribution in [2.24, 2.45) is 5.73 Å². The molecule has 0 saturated carbocycles. The first-order valence-electron chi connectivity index (χ1n) is 5.48. The molecule has 0 radical (unpaired) electrons. The summed E-state index contributed by atoms with van der Waals surface area (Å²) in [5.74, 6) is 1.64. The van der Waals surface area contributed by atoms with Gasteiger partial charge in [0.25, 0.3) is 0 Å². The third-order valence-electron chi connectivity index (χ3n) is 3.15. The number of methoxy groups -OCH3 is 2. The lowest BCUT2D eigenvalue weighted by Crippen LogP contribution is -2.32. The van der Waals surface area contributed by atoms with E-state index >= 15 is 0 Å². The molecule has 0 heterocycles. The highest BCUT2D eigenvalue weighted by Crippen LogP contribution is 2.34. The summed E-state index contributed by atoms with van der Waals surface area (Å²) in [4.78, 5) is 0. The topological polar surface area (TPSA) is 44.5 Å². The minimum Gasteiger partial charge on any atom is -0.496 e. The Kier molecular flexibility index (Phi) is 3.81. The Labute approximate surface area is 97.6 Å². The summed E-state index contributed by atoms with van der Waals surface area (Å²) in [7, 11) is 3.32. The number of hydrogen-bond donors (Lipinski definition) is 1. The molecule has 16 heavy (non-hydrogen) atoms. The average Bonchev–Trinajstić information content (AvgIpc) is 2.29. The maximum Gasteiger partial charge on any atom is 0.125 e. The quantitative estimate of drug-likeness (QED) is 0.853. The molecule has 0 aromatic heterocycles. The highest BCUT2D eigenvalue weighted by atomic mass is 16.5. The van der Waals surface area contributed by atoms with Gasteiger partial charge in [-0.3, -0.25) is 0 Å². The largest absolute Gasteiger partial charge is 0.496 e. The molecule has 3 heteroatoms. The summed E-state index contributed by atoms with van der Waals surface area (Å²) < 4.78 is 10.7. The van der Waals surface area contributed by atoms with E-state index in [2.05, 4.69) is 6.92 Å². The van der Waals surface area contributed by atoms with Gasteiger partial charge >= 0.3 is 0 Å². The van der Waals surface area contributed by atoms with Crippen LogP contribution in [0.3, 0.4) is 0 Å². The van der Waals surface area contributed by atoms with Crippen LogP contribution in [0.15, 0.2) is 12.1 Å². The smallest absolute Gasteiger partial charge is 0.125 e. The van der Waals surface area contributed by atoms with Gasteiger partial charge in [-0.15, -0.1) is 0 Å². The van der Waals surface area contributed by atoms with E-state index in [-0.39, 0.29) is 5.54 Å². The second-order valence-electron chi connectivity index (χ2n) is 4.28. The van der Waals surface area contributed by atoms with E-state index in [0.717, 1.165) is 29.0 Å². The molecule has 90 valence electrons. The van der Waals surface area contributed by atoms with Crippen molar-refractivity contribution in [2.45, 2.75) is 32.7 Å². The number of nitrogens with two attached hydrogens (primary N) is 1. The van der Waals surface area contributed by atoms with E-state index in [1.807, 2.05) is 26.0 Å². The molecule has 0 amide bonds. The van der Waals surface area contributed by atoms with Crippen molar-refractivity contribution >= 4 is 0 Å². The second kappa shape index (κ2) is 4.74. The van der Waals surface area contributed by atoms with Crippen molar-refractivity contribution in [1.82, 2.24) is 0 Å². The molecule has 1 atom stereocenters. The first-order chi connectivity index (χ1) is 7.46. The van der Waals surface area contributed by atoms with E-state index in [1.54, 1.807) is 14.2 Å². The van der Waals surface area contributed by atoms with E-state index in [1.165, 1.54) is 0 Å². The minimum atomic E-state index is -0.353. The van der Waals surface area contributed by atoms with Gasteiger partial charge in [-0.2, -0.15) is 0 Å². The van der Waals surface area contributed by atoms with Crippen LogP contribution in [0, 0.1) is 6.92 Å². The van der Waals surface area contributed by atoms with E-state index in [0.29, 0.717) is 0 Å². The summed E-state index contributed by atoms with van der Waals surface area (Å²) in [6, 6.07) is 3.97. The first kappa shape index (κ1) is 12.8. The number of ether oxygens (including phenoxy) is 2. The molecule has 0 saturated heterocycles. The third kappa shape index (κ3) is 2.30. The lowest BCUT2D eigenvalue weighted by Gasteiger charge is -2.25. The zero-order valence-corrected chi connectivity index (χ0v) is 10.8. The summed E-state index contributed by atoms with van der Waals surface area (Å²) in [6.45, 7) is 6.05. The van der Waals surface area contributed by atoms with Crippen LogP contribution in [-0.2, 0) is 5.54 Å². The number of benzene rings is 1. The molecule has 0 spiro atoms. The van der Waals surface area contributed by atoms with Crippen LogP contribution in [0.1, 0.15) is 31.4 Å². The summed E-state index contributed by atoms with van der Waals surface area (Å²) in [6.07, 6.45) is 0.863. The predicted molar refractivity (Wildman–Crippen MR) is 66.1 cm³/mol. The van der Waals surface area contributed by atoms with Crippen molar-refractivity contribution in [3.8, 4) is 11.5 Å². The van der Waals surface area contributed by atoms with E-state index in [4.69, 9.17) is 15.2 Å². The van der Waals surface area contributed by atoms with Gasteiger partial charge in [0.2, 0.25) is 0 Å². The fraction of sp³-hybridized carbons (Fsp3) is 0.538. The molecule has 0 aliphatic carbocycles. The Bertz CT molecular complexity index is 347. The summed E-state index contributed by atoms with van der Waals surface area (Å²) in [5, 5.41) is 0. The molecular weight excluding hydrogens is 202 g/mol. The fourth-order valence-corrected chi connectivity index (χ4v) is 1.62. The molecule has 1 unspecified atom stereocenters. The van der Waals surface area contributed by atoms with Gasteiger partial charge < -0.3 is 15.2 Å². The second-order valence-corrected chi connectivity index (χ2v) is 4.28. The SMILES string of the molecule is CCC(C)(N)c1cc(OC)c(C)c(OC)c1. The first-order valence-corrected chi connectivity index (χ1v) is 5.48. The Morgan fingerprint density at radius 3 is 1.94 bits per heavy atom. The molecule has 0 aliphatic heterocycles. The van der Waals surface area contributed by atoms with Gasteiger partial charge in [0, 0.05) is 11.1 Å². The molecule has 1 rings (SSSR count). The molecule has 0 fully saturated rings. The van der Waals surface area contributed by atoms with Crippen LogP contribution in [0.25, 0.3) is 0 Å². The Balaban J connectivity index is 3.32. The summed E-state index contributed by atoms with van der Waals surface area (Å²) >= 11 is 0. The molecule has 1 aromatic rings. The minimum absolute atomic E-state index is 0.353. The van der Waals surface area contributed by atoms with Crippen LogP contribution in [0.5, 0.6) is 11.5 Å². The Morgan fingerprint density at radius 2 is 1.62 bits per heavy atom. The zero-order valence-electron chi connectivity index (χ0n) is 10.8. The van der Waals surface area contributed by atoms with Crippen LogP contribution >= 0.6 is 0 Å². The van der Waals surface area contributed by atoms with Crippen molar-refractivity contribution in [1.29, 1.82) is 0 Å². The van der Waals surface area contributed by atoms with E-state index < -0.39 is 0 Å². The number of rotatable bonds is 4. The molecule has 2 N–H and O–H groups in total. The molecular formula is C13H21NO2. The van der Waals surface area contributed by atoms with Crippen LogP contribution < -0.4 is 15.2 Å². The van der Waals surface area contributed by atoms with Gasteiger partial charge in [0.1, 0.15) is 11.5 Å². The Hall–Kier alpha value is -1.22. The van der Waals surface area contributed by atoms with Crippen molar-refractivity contribution in [2.75, 3.05) is 14.2 Å². The molecule has 3 nitrogen and oxygen atoms in total. The van der Waals surface area contributed by atoms with Gasteiger partial charge in [-0.1, -0.05) is 6.92 Å².